The van der Waals surface area contributed by atoms with Gasteiger partial charge < -0.3 is 4.90 Å². The molecule has 0 radical (unpaired) electrons. The Morgan fingerprint density at radius 3 is 2.08 bits per heavy atom. The molecule has 0 amide bonds. The van der Waals surface area contributed by atoms with Crippen LogP contribution < -0.4 is 0 Å². The van der Waals surface area contributed by atoms with Crippen LogP contribution in [0.4, 0.5) is 0 Å². The normalized spacial score (nSPS) is 12.6. The Kier molecular flexibility index (Phi) is 6.11. The summed E-state index contributed by atoms with van der Waals surface area (Å²) in [6.45, 7) is 12.7. The van der Waals surface area contributed by atoms with Crippen LogP contribution in [0.2, 0.25) is 0 Å². The van der Waals surface area contributed by atoms with Gasteiger partial charge in [0, 0.05) is 6.54 Å². The van der Waals surface area contributed by atoms with Crippen LogP contribution in [0.3, 0.4) is 0 Å². The molecule has 0 saturated carbocycles. The van der Waals surface area contributed by atoms with E-state index in [1.54, 1.807) is 0 Å². The lowest BCUT2D eigenvalue weighted by atomic mass is 9.71. The number of hydrogen-bond donors (Lipinski definition) is 0. The summed E-state index contributed by atoms with van der Waals surface area (Å²) in [7, 11) is 4.29. The van der Waals surface area contributed by atoms with Crippen LogP contribution in [0.15, 0.2) is 48.5 Å². The first-order valence-electron chi connectivity index (χ1n) is 9.42. The number of benzene rings is 2. The summed E-state index contributed by atoms with van der Waals surface area (Å²) in [6.07, 6.45) is 2.36. The summed E-state index contributed by atoms with van der Waals surface area (Å²) in [5, 5.41) is 0. The molecule has 0 aliphatic rings. The third kappa shape index (κ3) is 5.19. The van der Waals surface area contributed by atoms with E-state index in [1.807, 2.05) is 0 Å². The molecule has 0 aromatic heterocycles. The Morgan fingerprint density at radius 2 is 1.44 bits per heavy atom. The van der Waals surface area contributed by atoms with Gasteiger partial charge >= 0.3 is 0 Å². The average molecular weight is 338 g/mol. The molecule has 0 N–H and O–H groups in total. The van der Waals surface area contributed by atoms with Crippen molar-refractivity contribution in [1.82, 2.24) is 4.90 Å². The molecule has 25 heavy (non-hydrogen) atoms. The van der Waals surface area contributed by atoms with Gasteiger partial charge in [-0.25, -0.2) is 0 Å². The van der Waals surface area contributed by atoms with Crippen molar-refractivity contribution in [2.45, 2.75) is 64.8 Å². The van der Waals surface area contributed by atoms with Gasteiger partial charge in [-0.3, -0.25) is 0 Å². The van der Waals surface area contributed by atoms with Crippen molar-refractivity contribution in [2.75, 3.05) is 14.1 Å². The van der Waals surface area contributed by atoms with Crippen molar-refractivity contribution in [3.8, 4) is 0 Å². The minimum Gasteiger partial charge on any atom is -0.305 e. The molecular weight excluding hydrogens is 302 g/mol. The van der Waals surface area contributed by atoms with Gasteiger partial charge in [0.25, 0.3) is 0 Å². The lowest BCUT2D eigenvalue weighted by Crippen LogP contribution is -2.26. The van der Waals surface area contributed by atoms with Crippen molar-refractivity contribution in [3.05, 3.63) is 70.8 Å². The highest BCUT2D eigenvalue weighted by atomic mass is 15.0. The summed E-state index contributed by atoms with van der Waals surface area (Å²) < 4.78 is 0. The van der Waals surface area contributed by atoms with E-state index in [4.69, 9.17) is 0 Å². The van der Waals surface area contributed by atoms with Gasteiger partial charge in [-0.1, -0.05) is 81.8 Å². The molecule has 0 bridgehead atoms. The molecule has 0 aliphatic heterocycles. The molecule has 2 aromatic rings. The molecule has 0 heterocycles. The second-order valence-electron chi connectivity index (χ2n) is 9.03. The fourth-order valence-electron chi connectivity index (χ4n) is 3.63. The number of hydrogen-bond acceptors (Lipinski definition) is 1. The van der Waals surface area contributed by atoms with Gasteiger partial charge in [0.05, 0.1) is 0 Å². The van der Waals surface area contributed by atoms with Gasteiger partial charge in [0.15, 0.2) is 0 Å². The molecule has 2 aromatic carbocycles. The Hall–Kier alpha value is -1.60. The highest BCUT2D eigenvalue weighted by Gasteiger charge is 2.28. The smallest absolute Gasteiger partial charge is 0.0230 e. The average Bonchev–Trinajstić information content (AvgIpc) is 2.53. The molecule has 0 aliphatic carbocycles. The zero-order valence-electron chi connectivity index (χ0n) is 17.2. The van der Waals surface area contributed by atoms with Crippen molar-refractivity contribution in [3.63, 3.8) is 0 Å². The zero-order chi connectivity index (χ0) is 18.7. The molecule has 0 saturated heterocycles. The van der Waals surface area contributed by atoms with Crippen LogP contribution >= 0.6 is 0 Å². The predicted molar refractivity (Wildman–Crippen MR) is 110 cm³/mol. The third-order valence-electron chi connectivity index (χ3n) is 5.41. The number of aryl methyl sites for hydroxylation is 1. The molecular formula is C24H35N. The minimum absolute atomic E-state index is 0.174. The van der Waals surface area contributed by atoms with Gasteiger partial charge in [-0.15, -0.1) is 0 Å². The Balaban J connectivity index is 2.19. The van der Waals surface area contributed by atoms with Gasteiger partial charge in [0.1, 0.15) is 0 Å². The van der Waals surface area contributed by atoms with Crippen molar-refractivity contribution >= 4 is 0 Å². The largest absolute Gasteiger partial charge is 0.305 e. The van der Waals surface area contributed by atoms with Crippen LogP contribution in [-0.2, 0) is 17.4 Å². The minimum atomic E-state index is 0.174. The summed E-state index contributed by atoms with van der Waals surface area (Å²) in [4.78, 5) is 2.26. The van der Waals surface area contributed by atoms with Crippen LogP contribution in [0.25, 0.3) is 0 Å². The maximum atomic E-state index is 2.40. The summed E-state index contributed by atoms with van der Waals surface area (Å²) >= 11 is 0. The molecule has 0 spiro atoms. The molecule has 1 nitrogen and oxygen atoms in total. The van der Waals surface area contributed by atoms with E-state index >= 15 is 0 Å². The van der Waals surface area contributed by atoms with E-state index in [0.29, 0.717) is 0 Å². The first-order valence-corrected chi connectivity index (χ1v) is 9.42. The summed E-state index contributed by atoms with van der Waals surface area (Å²) in [5.74, 6) is 0. The standard InChI is InChI=1S/C24H35N/c1-19-11-10-13-21(17-19)23(2,3)15-16-24(4,5)22-14-9-8-12-20(22)18-25(6)7/h8-14,17H,15-16,18H2,1-7H3. The van der Waals surface area contributed by atoms with E-state index in [0.717, 1.165) is 6.54 Å². The summed E-state index contributed by atoms with van der Waals surface area (Å²) in [5.41, 5.74) is 6.11. The highest BCUT2D eigenvalue weighted by molar-refractivity contribution is 5.34. The van der Waals surface area contributed by atoms with Crippen molar-refractivity contribution < 1.29 is 0 Å². The van der Waals surface area contributed by atoms with E-state index in [2.05, 4.69) is 102 Å². The monoisotopic (exact) mass is 337 g/mol. The molecule has 2 rings (SSSR count). The van der Waals surface area contributed by atoms with Crippen LogP contribution in [0, 0.1) is 6.92 Å². The van der Waals surface area contributed by atoms with Gasteiger partial charge in [0.2, 0.25) is 0 Å². The van der Waals surface area contributed by atoms with E-state index < -0.39 is 0 Å². The fourth-order valence-corrected chi connectivity index (χ4v) is 3.63. The second kappa shape index (κ2) is 7.74. The SMILES string of the molecule is Cc1cccc(C(C)(C)CCC(C)(C)c2ccccc2CN(C)C)c1. The zero-order valence-corrected chi connectivity index (χ0v) is 17.2. The van der Waals surface area contributed by atoms with Crippen LogP contribution in [0.5, 0.6) is 0 Å². The molecule has 0 fully saturated rings. The van der Waals surface area contributed by atoms with Gasteiger partial charge in [-0.2, -0.15) is 0 Å². The fraction of sp³-hybridized carbons (Fsp3) is 0.500. The Morgan fingerprint density at radius 1 is 0.800 bits per heavy atom. The molecule has 0 unspecified atom stereocenters. The third-order valence-corrected chi connectivity index (χ3v) is 5.41. The highest BCUT2D eigenvalue weighted by Crippen LogP contribution is 2.37. The van der Waals surface area contributed by atoms with Crippen molar-refractivity contribution in [2.24, 2.45) is 0 Å². The van der Waals surface area contributed by atoms with Gasteiger partial charge in [-0.05, 0) is 61.4 Å². The maximum absolute atomic E-state index is 2.40. The first kappa shape index (κ1) is 19.7. The first-order chi connectivity index (χ1) is 11.6. The van der Waals surface area contributed by atoms with E-state index in [9.17, 15) is 0 Å². The molecule has 1 heteroatoms. The summed E-state index contributed by atoms with van der Waals surface area (Å²) in [6, 6.07) is 17.9. The predicted octanol–water partition coefficient (Wildman–Crippen LogP) is 6.09. The quantitative estimate of drug-likeness (QED) is 0.590. The van der Waals surface area contributed by atoms with E-state index in [-0.39, 0.29) is 10.8 Å². The lowest BCUT2D eigenvalue weighted by Gasteiger charge is -2.34. The van der Waals surface area contributed by atoms with Crippen LogP contribution in [-0.4, -0.2) is 19.0 Å². The van der Waals surface area contributed by atoms with E-state index in [1.165, 1.54) is 35.1 Å². The Bertz CT molecular complexity index is 695. The Labute approximate surface area is 155 Å². The topological polar surface area (TPSA) is 3.24 Å². The van der Waals surface area contributed by atoms with Crippen LogP contribution in [0.1, 0.15) is 62.8 Å². The number of rotatable bonds is 7. The number of nitrogens with zero attached hydrogens (tertiary/aromatic N) is 1. The van der Waals surface area contributed by atoms with Crippen molar-refractivity contribution in [1.29, 1.82) is 0 Å². The maximum Gasteiger partial charge on any atom is 0.0230 e. The lowest BCUT2D eigenvalue weighted by molar-refractivity contribution is 0.362. The molecule has 136 valence electrons. The molecule has 0 atom stereocenters. The second-order valence-corrected chi connectivity index (χ2v) is 9.03.